The van der Waals surface area contributed by atoms with Crippen LogP contribution < -0.4 is 4.90 Å². The third-order valence-corrected chi connectivity index (χ3v) is 6.70. The second-order valence-corrected chi connectivity index (χ2v) is 9.31. The lowest BCUT2D eigenvalue weighted by atomic mass is 9.84. The van der Waals surface area contributed by atoms with Crippen molar-refractivity contribution < 1.29 is 13.9 Å². The van der Waals surface area contributed by atoms with Crippen LogP contribution >= 0.6 is 15.9 Å². The number of aromatic hydroxyl groups is 1. The highest BCUT2D eigenvalue weighted by Crippen LogP contribution is 2.45. The van der Waals surface area contributed by atoms with Crippen LogP contribution in [0.2, 0.25) is 0 Å². The van der Waals surface area contributed by atoms with Crippen LogP contribution in [0.1, 0.15) is 54.0 Å². The molecule has 1 fully saturated rings. The summed E-state index contributed by atoms with van der Waals surface area (Å²) < 4.78 is 30.6. The molecule has 1 saturated carbocycles. The van der Waals surface area contributed by atoms with Crippen molar-refractivity contribution in [3.8, 4) is 5.75 Å². The summed E-state index contributed by atoms with van der Waals surface area (Å²) in [7, 11) is 0. The minimum absolute atomic E-state index is 0.00137. The Balaban J connectivity index is 1.68. The molecule has 1 aliphatic heterocycles. The zero-order chi connectivity index (χ0) is 21.0. The standard InChI is InChI=1S/C25H22BrF2NO/c1-14-10-17-11-20(30)8-9-21(17)25(24-22(27)12-18(26)13-23(24)28)29(14)19-6-4-16(5-7-19)15-2-3-15/h4-9,11-15,25,30H,2-3,10H2,1H3. The van der Waals surface area contributed by atoms with Crippen molar-refractivity contribution in [2.24, 2.45) is 0 Å². The van der Waals surface area contributed by atoms with Gasteiger partial charge < -0.3 is 10.0 Å². The average Bonchev–Trinajstić information content (AvgIpc) is 3.52. The van der Waals surface area contributed by atoms with Crippen molar-refractivity contribution in [3.05, 3.63) is 93.0 Å². The van der Waals surface area contributed by atoms with Gasteiger partial charge in [-0.3, -0.25) is 0 Å². The molecule has 5 rings (SSSR count). The summed E-state index contributed by atoms with van der Waals surface area (Å²) in [6.07, 6.45) is 3.15. The molecule has 2 aliphatic rings. The van der Waals surface area contributed by atoms with Gasteiger partial charge in [0, 0.05) is 16.2 Å². The molecular formula is C25H22BrF2NO. The van der Waals surface area contributed by atoms with Gasteiger partial charge in [0.1, 0.15) is 17.4 Å². The van der Waals surface area contributed by atoms with Crippen molar-refractivity contribution >= 4 is 21.6 Å². The second-order valence-electron chi connectivity index (χ2n) is 8.39. The Morgan fingerprint density at radius 3 is 2.27 bits per heavy atom. The molecule has 0 bridgehead atoms. The van der Waals surface area contributed by atoms with E-state index in [0.29, 0.717) is 16.8 Å². The van der Waals surface area contributed by atoms with E-state index in [4.69, 9.17) is 0 Å². The van der Waals surface area contributed by atoms with Crippen molar-refractivity contribution in [2.75, 3.05) is 4.90 Å². The number of benzene rings is 3. The quantitative estimate of drug-likeness (QED) is 0.453. The van der Waals surface area contributed by atoms with Crippen LogP contribution in [0.25, 0.3) is 0 Å². The van der Waals surface area contributed by atoms with Gasteiger partial charge in [0.05, 0.1) is 11.6 Å². The van der Waals surface area contributed by atoms with Crippen LogP contribution in [0.4, 0.5) is 14.5 Å². The summed E-state index contributed by atoms with van der Waals surface area (Å²) in [5, 5.41) is 9.98. The molecule has 1 heterocycles. The Labute approximate surface area is 183 Å². The fraction of sp³-hybridized carbons (Fsp3) is 0.280. The van der Waals surface area contributed by atoms with Gasteiger partial charge in [-0.1, -0.05) is 34.1 Å². The summed E-state index contributed by atoms with van der Waals surface area (Å²) in [5.41, 5.74) is 4.03. The zero-order valence-electron chi connectivity index (χ0n) is 16.6. The lowest BCUT2D eigenvalue weighted by molar-refractivity contribution is 0.466. The highest BCUT2D eigenvalue weighted by atomic mass is 79.9. The third kappa shape index (κ3) is 3.39. The van der Waals surface area contributed by atoms with Gasteiger partial charge >= 0.3 is 0 Å². The molecule has 5 heteroatoms. The SMILES string of the molecule is CC1Cc2cc(O)ccc2C(c2c(F)cc(Br)cc2F)N1c1ccc(C2CC2)cc1. The van der Waals surface area contributed by atoms with Gasteiger partial charge in [0.2, 0.25) is 0 Å². The summed E-state index contributed by atoms with van der Waals surface area (Å²) in [5.74, 6) is -0.350. The van der Waals surface area contributed by atoms with Crippen molar-refractivity contribution in [2.45, 2.75) is 44.2 Å². The van der Waals surface area contributed by atoms with E-state index >= 15 is 8.78 Å². The molecule has 3 aromatic carbocycles. The van der Waals surface area contributed by atoms with Crippen LogP contribution in [0.5, 0.6) is 5.75 Å². The van der Waals surface area contributed by atoms with E-state index in [9.17, 15) is 5.11 Å². The molecule has 3 aromatic rings. The normalized spacial score (nSPS) is 20.9. The minimum Gasteiger partial charge on any atom is -0.508 e. The zero-order valence-corrected chi connectivity index (χ0v) is 18.2. The molecule has 154 valence electrons. The summed E-state index contributed by atoms with van der Waals surface area (Å²) in [4.78, 5) is 2.10. The van der Waals surface area contributed by atoms with Crippen LogP contribution in [-0.4, -0.2) is 11.1 Å². The van der Waals surface area contributed by atoms with E-state index in [1.807, 2.05) is 0 Å². The van der Waals surface area contributed by atoms with Crippen LogP contribution in [0.3, 0.4) is 0 Å². The molecule has 1 aliphatic carbocycles. The van der Waals surface area contributed by atoms with Gasteiger partial charge in [0.25, 0.3) is 0 Å². The van der Waals surface area contributed by atoms with E-state index in [-0.39, 0.29) is 17.4 Å². The lowest BCUT2D eigenvalue weighted by Crippen LogP contribution is -2.43. The van der Waals surface area contributed by atoms with Crippen LogP contribution in [0, 0.1) is 11.6 Å². The van der Waals surface area contributed by atoms with Gasteiger partial charge in [-0.05, 0) is 85.2 Å². The van der Waals surface area contributed by atoms with Gasteiger partial charge in [0.15, 0.2) is 0 Å². The molecule has 30 heavy (non-hydrogen) atoms. The number of hydrogen-bond acceptors (Lipinski definition) is 2. The summed E-state index contributed by atoms with van der Waals surface area (Å²) in [6, 6.07) is 15.5. The van der Waals surface area contributed by atoms with Crippen molar-refractivity contribution in [1.29, 1.82) is 0 Å². The number of fused-ring (bicyclic) bond motifs is 1. The van der Waals surface area contributed by atoms with E-state index in [1.54, 1.807) is 18.2 Å². The van der Waals surface area contributed by atoms with Crippen LogP contribution in [-0.2, 0) is 6.42 Å². The summed E-state index contributed by atoms with van der Waals surface area (Å²) in [6.45, 7) is 2.06. The third-order valence-electron chi connectivity index (χ3n) is 6.25. The van der Waals surface area contributed by atoms with E-state index < -0.39 is 17.7 Å². The Bertz CT molecular complexity index is 1090. The first kappa shape index (κ1) is 19.6. The Hall–Kier alpha value is -2.40. The fourth-order valence-corrected chi connectivity index (χ4v) is 5.11. The van der Waals surface area contributed by atoms with Gasteiger partial charge in [-0.25, -0.2) is 8.78 Å². The van der Waals surface area contributed by atoms with Crippen molar-refractivity contribution in [3.63, 3.8) is 0 Å². The second kappa shape index (κ2) is 7.38. The first-order chi connectivity index (χ1) is 14.4. The molecule has 2 unspecified atom stereocenters. The molecule has 0 radical (unpaired) electrons. The van der Waals surface area contributed by atoms with Crippen LogP contribution in [0.15, 0.2) is 59.1 Å². The highest BCUT2D eigenvalue weighted by Gasteiger charge is 2.37. The Morgan fingerprint density at radius 1 is 0.967 bits per heavy atom. The Morgan fingerprint density at radius 2 is 1.63 bits per heavy atom. The molecular weight excluding hydrogens is 448 g/mol. The predicted octanol–water partition coefficient (Wildman–Crippen LogP) is 6.85. The van der Waals surface area contributed by atoms with Gasteiger partial charge in [-0.2, -0.15) is 0 Å². The number of phenolic OH excluding ortho intramolecular Hbond substituents is 1. The first-order valence-electron chi connectivity index (χ1n) is 10.3. The topological polar surface area (TPSA) is 23.5 Å². The molecule has 0 amide bonds. The average molecular weight is 470 g/mol. The monoisotopic (exact) mass is 469 g/mol. The predicted molar refractivity (Wildman–Crippen MR) is 118 cm³/mol. The lowest BCUT2D eigenvalue weighted by Gasteiger charge is -2.44. The first-order valence-corrected chi connectivity index (χ1v) is 11.1. The van der Waals surface area contributed by atoms with E-state index in [1.165, 1.54) is 30.5 Å². The number of phenols is 1. The van der Waals surface area contributed by atoms with Crippen molar-refractivity contribution in [1.82, 2.24) is 0 Å². The maximum atomic E-state index is 15.1. The minimum atomic E-state index is -0.621. The molecule has 0 saturated heterocycles. The fourth-order valence-electron chi connectivity index (χ4n) is 4.70. The number of rotatable bonds is 3. The number of nitrogens with zero attached hydrogens (tertiary/aromatic N) is 1. The Kier molecular flexibility index (Phi) is 4.81. The molecule has 2 atom stereocenters. The smallest absolute Gasteiger partial charge is 0.132 e. The highest BCUT2D eigenvalue weighted by molar-refractivity contribution is 9.10. The number of anilines is 1. The maximum absolute atomic E-state index is 15.1. The molecule has 0 spiro atoms. The van der Waals surface area contributed by atoms with Gasteiger partial charge in [-0.15, -0.1) is 0 Å². The molecule has 0 aromatic heterocycles. The largest absolute Gasteiger partial charge is 0.508 e. The number of hydrogen-bond donors (Lipinski definition) is 1. The molecule has 2 nitrogen and oxygen atoms in total. The number of halogens is 3. The van der Waals surface area contributed by atoms with E-state index in [2.05, 4.69) is 52.0 Å². The maximum Gasteiger partial charge on any atom is 0.132 e. The summed E-state index contributed by atoms with van der Waals surface area (Å²) >= 11 is 3.19. The van der Waals surface area contributed by atoms with E-state index in [0.717, 1.165) is 16.8 Å². The molecule has 1 N–H and O–H groups in total.